The molecule has 0 rings (SSSR count). The van der Waals surface area contributed by atoms with Gasteiger partial charge < -0.3 is 20.3 Å². The minimum atomic E-state index is -0.852. The van der Waals surface area contributed by atoms with Gasteiger partial charge in [-0.05, 0) is 89.9 Å². The second-order valence-electron chi connectivity index (χ2n) is 22.4. The van der Waals surface area contributed by atoms with Gasteiger partial charge in [-0.15, -0.1) is 0 Å². The Morgan fingerprint density at radius 3 is 1.04 bits per heavy atom. The van der Waals surface area contributed by atoms with Gasteiger partial charge in [0, 0.05) is 12.8 Å². The van der Waals surface area contributed by atoms with Crippen LogP contribution in [0.5, 0.6) is 0 Å². The maximum absolute atomic E-state index is 12.5. The first-order chi connectivity index (χ1) is 36.5. The van der Waals surface area contributed by atoms with Crippen LogP contribution in [0.25, 0.3) is 0 Å². The summed E-state index contributed by atoms with van der Waals surface area (Å²) in [7, 11) is 0. The topological polar surface area (TPSA) is 95.9 Å². The fourth-order valence-corrected chi connectivity index (χ4v) is 10.0. The number of nitrogens with one attached hydrogen (secondary N) is 1. The average Bonchev–Trinajstić information content (AvgIpc) is 3.40. The number of carbonyl (C=O) groups is 2. The predicted octanol–water partition coefficient (Wildman–Crippen LogP) is 20.9. The number of ether oxygens (including phenoxy) is 1. The van der Waals surface area contributed by atoms with Gasteiger partial charge in [-0.2, -0.15) is 0 Å². The van der Waals surface area contributed by atoms with E-state index in [0.717, 1.165) is 64.2 Å². The molecule has 6 nitrogen and oxygen atoms in total. The van der Waals surface area contributed by atoms with Crippen LogP contribution in [-0.4, -0.2) is 47.4 Å². The molecular weight excluding hydrogens is 911 g/mol. The molecule has 0 spiro atoms. The van der Waals surface area contributed by atoms with Gasteiger partial charge in [0.05, 0.1) is 25.4 Å². The predicted molar refractivity (Wildman–Crippen MR) is 324 cm³/mol. The fourth-order valence-electron chi connectivity index (χ4n) is 10.0. The van der Waals surface area contributed by atoms with Gasteiger partial charge in [-0.1, -0.05) is 294 Å². The SMILES string of the molecule is CCCCCCCCC/C=C\CCCCCCCCCC(=O)OCCCCCCCCCCC/C=C\C/C=C\CCCCCCCCCC(=O)NC(CO)C(O)/C=C/CCCCCCCCCCCCCCCC. The van der Waals surface area contributed by atoms with Crippen molar-refractivity contribution >= 4 is 11.9 Å². The van der Waals surface area contributed by atoms with Crippen molar-refractivity contribution in [3.05, 3.63) is 48.6 Å². The number of esters is 1. The summed E-state index contributed by atoms with van der Waals surface area (Å²) in [6.07, 6.45) is 81.6. The largest absolute Gasteiger partial charge is 0.466 e. The Kier molecular flexibility index (Phi) is 61.5. The average molecular weight is 1040 g/mol. The fraction of sp³-hybridized carbons (Fsp3) is 0.853. The van der Waals surface area contributed by atoms with Gasteiger partial charge in [0.15, 0.2) is 0 Å². The molecule has 0 aliphatic carbocycles. The van der Waals surface area contributed by atoms with E-state index < -0.39 is 12.1 Å². The first-order valence-corrected chi connectivity index (χ1v) is 32.9. The maximum Gasteiger partial charge on any atom is 0.305 e. The Bertz CT molecular complexity index is 1240. The summed E-state index contributed by atoms with van der Waals surface area (Å²) in [5, 5.41) is 23.1. The van der Waals surface area contributed by atoms with E-state index in [9.17, 15) is 19.8 Å². The normalized spacial score (nSPS) is 12.9. The van der Waals surface area contributed by atoms with Gasteiger partial charge in [0.2, 0.25) is 5.91 Å². The molecule has 0 aromatic rings. The molecule has 0 bridgehead atoms. The van der Waals surface area contributed by atoms with E-state index in [2.05, 4.69) is 55.6 Å². The Balaban J connectivity index is 3.46. The molecule has 0 saturated carbocycles. The Labute approximate surface area is 461 Å². The smallest absolute Gasteiger partial charge is 0.305 e. The van der Waals surface area contributed by atoms with Crippen molar-refractivity contribution in [2.75, 3.05) is 13.2 Å². The van der Waals surface area contributed by atoms with Gasteiger partial charge in [0.1, 0.15) is 0 Å². The number of amides is 1. The number of unbranched alkanes of at least 4 members (excludes halogenated alkanes) is 44. The molecule has 0 fully saturated rings. The van der Waals surface area contributed by atoms with Gasteiger partial charge >= 0.3 is 5.97 Å². The van der Waals surface area contributed by atoms with Gasteiger partial charge in [0.25, 0.3) is 0 Å². The summed E-state index contributed by atoms with van der Waals surface area (Å²) in [4.78, 5) is 24.6. The van der Waals surface area contributed by atoms with Crippen molar-refractivity contribution in [2.24, 2.45) is 0 Å². The van der Waals surface area contributed by atoms with E-state index in [1.165, 1.54) is 257 Å². The van der Waals surface area contributed by atoms with Crippen molar-refractivity contribution in [3.8, 4) is 0 Å². The lowest BCUT2D eigenvalue weighted by molar-refractivity contribution is -0.143. The lowest BCUT2D eigenvalue weighted by atomic mass is 10.0. The molecule has 434 valence electrons. The molecule has 74 heavy (non-hydrogen) atoms. The molecule has 0 aromatic heterocycles. The van der Waals surface area contributed by atoms with Crippen molar-refractivity contribution < 1.29 is 24.5 Å². The van der Waals surface area contributed by atoms with Crippen LogP contribution in [0.3, 0.4) is 0 Å². The van der Waals surface area contributed by atoms with Crippen LogP contribution in [0.15, 0.2) is 48.6 Å². The third-order valence-corrected chi connectivity index (χ3v) is 15.1. The maximum atomic E-state index is 12.5. The molecule has 0 saturated heterocycles. The van der Waals surface area contributed by atoms with E-state index in [-0.39, 0.29) is 18.5 Å². The van der Waals surface area contributed by atoms with Crippen molar-refractivity contribution in [1.82, 2.24) is 5.32 Å². The summed E-state index contributed by atoms with van der Waals surface area (Å²) in [5.74, 6) is -0.0738. The molecule has 0 heterocycles. The van der Waals surface area contributed by atoms with Crippen LogP contribution in [-0.2, 0) is 14.3 Å². The minimum Gasteiger partial charge on any atom is -0.466 e. The number of allylic oxidation sites excluding steroid dienone is 7. The number of aliphatic hydroxyl groups is 2. The second kappa shape index (κ2) is 63.4. The summed E-state index contributed by atoms with van der Waals surface area (Å²) in [6, 6.07) is -0.636. The third kappa shape index (κ3) is 59.1. The highest BCUT2D eigenvalue weighted by atomic mass is 16.5. The zero-order valence-corrected chi connectivity index (χ0v) is 49.6. The number of hydrogen-bond donors (Lipinski definition) is 3. The number of rotatable bonds is 61. The zero-order chi connectivity index (χ0) is 53.6. The monoisotopic (exact) mass is 1040 g/mol. The van der Waals surface area contributed by atoms with Crippen molar-refractivity contribution in [3.63, 3.8) is 0 Å². The van der Waals surface area contributed by atoms with E-state index in [1.807, 2.05) is 6.08 Å². The molecule has 0 aliphatic heterocycles. The molecule has 6 heteroatoms. The second-order valence-corrected chi connectivity index (χ2v) is 22.4. The number of aliphatic hydroxyl groups excluding tert-OH is 2. The molecule has 2 unspecified atom stereocenters. The Hall–Kier alpha value is -2.18. The van der Waals surface area contributed by atoms with Crippen LogP contribution < -0.4 is 5.32 Å². The molecule has 3 N–H and O–H groups in total. The minimum absolute atomic E-state index is 0.00358. The summed E-state index contributed by atoms with van der Waals surface area (Å²) < 4.78 is 5.49. The quantitative estimate of drug-likeness (QED) is 0.0320. The van der Waals surface area contributed by atoms with Crippen LogP contribution in [0.4, 0.5) is 0 Å². The number of hydrogen-bond acceptors (Lipinski definition) is 5. The Morgan fingerprint density at radius 1 is 0.378 bits per heavy atom. The van der Waals surface area contributed by atoms with Crippen molar-refractivity contribution in [2.45, 2.75) is 360 Å². The van der Waals surface area contributed by atoms with Crippen LogP contribution >= 0.6 is 0 Å². The zero-order valence-electron chi connectivity index (χ0n) is 49.6. The van der Waals surface area contributed by atoms with Gasteiger partial charge in [-0.25, -0.2) is 0 Å². The van der Waals surface area contributed by atoms with Gasteiger partial charge in [-0.3, -0.25) is 9.59 Å². The first kappa shape index (κ1) is 71.8. The summed E-state index contributed by atoms with van der Waals surface area (Å²) in [6.45, 7) is 4.91. The third-order valence-electron chi connectivity index (χ3n) is 15.1. The standard InChI is InChI=1S/C68H127NO5/c1-3-5-7-9-11-13-15-17-19-21-30-34-38-42-46-50-54-58-62-68(73)74-63-59-55-51-47-43-39-35-31-28-26-24-22-23-25-27-29-33-37-41-45-49-53-57-61-67(72)69-65(64-70)66(71)60-56-52-48-44-40-36-32-20-18-16-14-12-10-8-6-4-2/h19,21-22,24-25,27,56,60,65-66,70-71H,3-18,20,23,26,28-55,57-59,61-64H2,1-2H3,(H,69,72)/b21-19-,24-22-,27-25-,60-56+. The van der Waals surface area contributed by atoms with E-state index >= 15 is 0 Å². The van der Waals surface area contributed by atoms with Crippen molar-refractivity contribution in [1.29, 1.82) is 0 Å². The van der Waals surface area contributed by atoms with Crippen LogP contribution in [0.2, 0.25) is 0 Å². The van der Waals surface area contributed by atoms with E-state index in [4.69, 9.17) is 4.74 Å². The molecular formula is C68H127NO5. The van der Waals surface area contributed by atoms with E-state index in [1.54, 1.807) is 6.08 Å². The highest BCUT2D eigenvalue weighted by Gasteiger charge is 2.18. The van der Waals surface area contributed by atoms with Crippen LogP contribution in [0.1, 0.15) is 348 Å². The lowest BCUT2D eigenvalue weighted by Gasteiger charge is -2.20. The summed E-state index contributed by atoms with van der Waals surface area (Å²) >= 11 is 0. The molecule has 0 radical (unpaired) electrons. The Morgan fingerprint density at radius 2 is 0.676 bits per heavy atom. The highest BCUT2D eigenvalue weighted by molar-refractivity contribution is 5.76. The van der Waals surface area contributed by atoms with Crippen LogP contribution in [0, 0.1) is 0 Å². The first-order valence-electron chi connectivity index (χ1n) is 32.9. The molecule has 1 amide bonds. The lowest BCUT2D eigenvalue weighted by Crippen LogP contribution is -2.45. The highest BCUT2D eigenvalue weighted by Crippen LogP contribution is 2.17. The number of carbonyl (C=O) groups excluding carboxylic acids is 2. The summed E-state index contributed by atoms with van der Waals surface area (Å²) in [5.41, 5.74) is 0. The molecule has 0 aromatic carbocycles. The van der Waals surface area contributed by atoms with E-state index in [0.29, 0.717) is 19.4 Å². The molecule has 2 atom stereocenters. The molecule has 0 aliphatic rings.